The number of hydrogen-bond donors (Lipinski definition) is 1. The van der Waals surface area contributed by atoms with Gasteiger partial charge >= 0.3 is 0 Å². The predicted octanol–water partition coefficient (Wildman–Crippen LogP) is 2.55. The lowest BCUT2D eigenvalue weighted by Crippen LogP contribution is -2.23. The molecule has 1 amide bonds. The summed E-state index contributed by atoms with van der Waals surface area (Å²) in [5.74, 6) is -1.13. The van der Waals surface area contributed by atoms with Crippen LogP contribution < -0.4 is 5.32 Å². The molecule has 0 spiro atoms. The van der Waals surface area contributed by atoms with E-state index in [2.05, 4.69) is 25.8 Å². The summed E-state index contributed by atoms with van der Waals surface area (Å²) in [6.45, 7) is 0.208. The largest absolute Gasteiger partial charge is 0.344 e. The minimum absolute atomic E-state index is 0.0951. The maximum atomic E-state index is 12.6. The maximum Gasteiger partial charge on any atom is 0.273 e. The number of amides is 1. The summed E-state index contributed by atoms with van der Waals surface area (Å²) in [6.07, 6.45) is -0.620. The van der Waals surface area contributed by atoms with Crippen molar-refractivity contribution >= 4 is 17.2 Å². The number of aromatic nitrogens is 5. The van der Waals surface area contributed by atoms with Crippen LogP contribution in [-0.4, -0.2) is 37.5 Å². The average Bonchev–Trinajstić information content (AvgIpc) is 3.08. The Morgan fingerprint density at radius 2 is 2.08 bits per heavy atom. The Kier molecular flexibility index (Phi) is 4.41. The lowest BCUT2D eigenvalue weighted by atomic mass is 10.2. The van der Waals surface area contributed by atoms with E-state index in [1.807, 2.05) is 30.3 Å². The molecule has 1 aliphatic carbocycles. The zero-order chi connectivity index (χ0) is 18.1. The Balaban J connectivity index is 1.35. The first-order valence-corrected chi connectivity index (χ1v) is 8.79. The van der Waals surface area contributed by atoms with Gasteiger partial charge in [0, 0.05) is 11.5 Å². The summed E-state index contributed by atoms with van der Waals surface area (Å²) in [7, 11) is 0. The van der Waals surface area contributed by atoms with Gasteiger partial charge in [0.05, 0.1) is 18.8 Å². The van der Waals surface area contributed by atoms with Crippen molar-refractivity contribution in [1.82, 2.24) is 30.5 Å². The van der Waals surface area contributed by atoms with E-state index in [-0.39, 0.29) is 18.3 Å². The van der Waals surface area contributed by atoms with Crippen molar-refractivity contribution in [2.45, 2.75) is 25.4 Å². The molecule has 1 saturated carbocycles. The van der Waals surface area contributed by atoms with Gasteiger partial charge in [-0.1, -0.05) is 46.9 Å². The van der Waals surface area contributed by atoms with E-state index in [0.29, 0.717) is 11.4 Å². The van der Waals surface area contributed by atoms with Crippen LogP contribution in [-0.2, 0) is 6.54 Å². The van der Waals surface area contributed by atoms with Crippen LogP contribution in [0.5, 0.6) is 0 Å². The van der Waals surface area contributed by atoms with Gasteiger partial charge in [0.2, 0.25) is 6.43 Å². The molecule has 0 aliphatic heterocycles. The highest BCUT2D eigenvalue weighted by Crippen LogP contribution is 2.46. The number of carbonyl (C=O) groups excluding carboxylic acids is 1. The average molecular weight is 376 g/mol. The Hall–Kier alpha value is -2.75. The quantitative estimate of drug-likeness (QED) is 0.715. The van der Waals surface area contributed by atoms with Crippen molar-refractivity contribution in [3.05, 3.63) is 47.2 Å². The second-order valence-corrected chi connectivity index (χ2v) is 7.00. The molecule has 0 unspecified atom stereocenters. The number of halogens is 2. The van der Waals surface area contributed by atoms with Crippen LogP contribution in [0.4, 0.5) is 8.78 Å². The number of carbonyl (C=O) groups is 1. The summed E-state index contributed by atoms with van der Waals surface area (Å²) >= 11 is 1.39. The van der Waals surface area contributed by atoms with Crippen molar-refractivity contribution in [3.8, 4) is 10.6 Å². The summed E-state index contributed by atoms with van der Waals surface area (Å²) in [5.41, 5.74) is 1.06. The lowest BCUT2D eigenvalue weighted by Gasteiger charge is -1.99. The molecule has 1 N–H and O–H groups in total. The highest BCUT2D eigenvalue weighted by Gasteiger charge is 2.46. The highest BCUT2D eigenvalue weighted by atomic mass is 32.1. The molecule has 26 heavy (non-hydrogen) atoms. The minimum atomic E-state index is -2.38. The molecule has 2 aromatic heterocycles. The molecule has 4 rings (SSSR count). The molecule has 1 aromatic carbocycles. The number of nitrogens with zero attached hydrogens (tertiary/aromatic N) is 5. The second-order valence-electron chi connectivity index (χ2n) is 5.93. The van der Waals surface area contributed by atoms with Crippen LogP contribution in [0.25, 0.3) is 10.6 Å². The number of nitrogens with one attached hydrogen (secondary N) is 1. The molecular weight excluding hydrogens is 362 g/mol. The first-order chi connectivity index (χ1) is 12.6. The molecule has 1 fully saturated rings. The Morgan fingerprint density at radius 3 is 2.81 bits per heavy atom. The van der Waals surface area contributed by atoms with Crippen molar-refractivity contribution < 1.29 is 13.6 Å². The van der Waals surface area contributed by atoms with E-state index in [4.69, 9.17) is 0 Å². The molecule has 2 heterocycles. The molecule has 1 aliphatic rings. The van der Waals surface area contributed by atoms with E-state index in [1.54, 1.807) is 0 Å². The van der Waals surface area contributed by atoms with Gasteiger partial charge in [-0.3, -0.25) is 4.79 Å². The van der Waals surface area contributed by atoms with Crippen LogP contribution in [0.1, 0.15) is 28.0 Å². The SMILES string of the molecule is O=C(NCc1nnc(-c2ccccc2)s1)c1cn([C@@H]2C[C@H]2C(F)F)nn1. The van der Waals surface area contributed by atoms with Gasteiger partial charge in [0.1, 0.15) is 10.0 Å². The van der Waals surface area contributed by atoms with Gasteiger partial charge in [-0.2, -0.15) is 0 Å². The van der Waals surface area contributed by atoms with E-state index in [9.17, 15) is 13.6 Å². The molecular formula is C16H14F2N6OS. The normalized spacial score (nSPS) is 18.9. The Bertz CT molecular complexity index is 912. The van der Waals surface area contributed by atoms with Gasteiger partial charge in [-0.05, 0) is 6.42 Å². The van der Waals surface area contributed by atoms with Crippen LogP contribution in [0.15, 0.2) is 36.5 Å². The highest BCUT2D eigenvalue weighted by molar-refractivity contribution is 7.14. The van der Waals surface area contributed by atoms with Gasteiger partial charge in [-0.25, -0.2) is 13.5 Å². The van der Waals surface area contributed by atoms with Crippen molar-refractivity contribution in [1.29, 1.82) is 0 Å². The van der Waals surface area contributed by atoms with Crippen LogP contribution >= 0.6 is 11.3 Å². The third kappa shape index (κ3) is 3.45. The summed E-state index contributed by atoms with van der Waals surface area (Å²) in [4.78, 5) is 12.1. The molecule has 0 radical (unpaired) electrons. The molecule has 3 aromatic rings. The number of benzene rings is 1. The summed E-state index contributed by atoms with van der Waals surface area (Å²) in [6, 6.07) is 9.25. The van der Waals surface area contributed by atoms with E-state index < -0.39 is 18.3 Å². The van der Waals surface area contributed by atoms with Crippen molar-refractivity contribution in [2.24, 2.45) is 5.92 Å². The van der Waals surface area contributed by atoms with E-state index in [1.165, 1.54) is 22.2 Å². The van der Waals surface area contributed by atoms with E-state index >= 15 is 0 Å². The predicted molar refractivity (Wildman–Crippen MR) is 89.7 cm³/mol. The van der Waals surface area contributed by atoms with Gasteiger partial charge in [0.25, 0.3) is 5.91 Å². The molecule has 0 saturated heterocycles. The van der Waals surface area contributed by atoms with Crippen LogP contribution in [0.2, 0.25) is 0 Å². The van der Waals surface area contributed by atoms with Crippen LogP contribution in [0.3, 0.4) is 0 Å². The van der Waals surface area contributed by atoms with E-state index in [0.717, 1.165) is 10.6 Å². The number of alkyl halides is 2. The maximum absolute atomic E-state index is 12.6. The zero-order valence-corrected chi connectivity index (χ0v) is 14.2. The van der Waals surface area contributed by atoms with Crippen molar-refractivity contribution in [3.63, 3.8) is 0 Å². The third-order valence-corrected chi connectivity index (χ3v) is 5.07. The monoisotopic (exact) mass is 376 g/mol. The number of hydrogen-bond acceptors (Lipinski definition) is 6. The smallest absolute Gasteiger partial charge is 0.273 e. The Morgan fingerprint density at radius 1 is 1.27 bits per heavy atom. The lowest BCUT2D eigenvalue weighted by molar-refractivity contribution is 0.0945. The van der Waals surface area contributed by atoms with Gasteiger partial charge < -0.3 is 5.32 Å². The molecule has 2 atom stereocenters. The first-order valence-electron chi connectivity index (χ1n) is 7.98. The topological polar surface area (TPSA) is 85.6 Å². The molecule has 0 bridgehead atoms. The number of rotatable bonds is 6. The summed E-state index contributed by atoms with van der Waals surface area (Å²) < 4.78 is 26.5. The molecule has 134 valence electrons. The van der Waals surface area contributed by atoms with Gasteiger partial charge in [-0.15, -0.1) is 15.3 Å². The molecule has 7 nitrogen and oxygen atoms in total. The molecule has 10 heteroatoms. The fraction of sp³-hybridized carbons (Fsp3) is 0.312. The first kappa shape index (κ1) is 16.7. The minimum Gasteiger partial charge on any atom is -0.344 e. The zero-order valence-electron chi connectivity index (χ0n) is 13.4. The second kappa shape index (κ2) is 6.87. The fourth-order valence-corrected chi connectivity index (χ4v) is 3.37. The summed E-state index contributed by atoms with van der Waals surface area (Å²) in [5, 5.41) is 19.8. The third-order valence-electron chi connectivity index (χ3n) is 4.10. The van der Waals surface area contributed by atoms with Crippen molar-refractivity contribution in [2.75, 3.05) is 0 Å². The van der Waals surface area contributed by atoms with Crippen LogP contribution in [0, 0.1) is 5.92 Å². The fourth-order valence-electron chi connectivity index (χ4n) is 2.59. The standard InChI is InChI=1S/C16H14F2N6OS/c17-14(18)10-6-12(10)24-8-11(20-23-24)15(25)19-7-13-21-22-16(26-13)9-4-2-1-3-5-9/h1-5,8,10,12,14H,6-7H2,(H,19,25)/t10-,12-/m1/s1. The van der Waals surface area contributed by atoms with Gasteiger partial charge in [0.15, 0.2) is 5.69 Å². The Labute approximate surface area is 151 Å².